The standard InChI is InChI=1S/C15H16N4O2S/c1-4-9-16-14(20)10(2)22-15-17-13(18-19-15)11-5-7-12(21-3)8-6-11/h1,5-8,10H,9H2,2-3H3,(H,16,20)(H,17,18,19). The molecule has 1 aromatic heterocycles. The van der Waals surface area contributed by atoms with E-state index in [0.29, 0.717) is 11.0 Å². The molecule has 114 valence electrons. The van der Waals surface area contributed by atoms with Crippen LogP contribution in [0.1, 0.15) is 6.92 Å². The number of terminal acetylenes is 1. The molecule has 1 heterocycles. The summed E-state index contributed by atoms with van der Waals surface area (Å²) in [6.45, 7) is 1.99. The van der Waals surface area contributed by atoms with Gasteiger partial charge in [0.15, 0.2) is 5.82 Å². The van der Waals surface area contributed by atoms with Gasteiger partial charge in [-0.15, -0.1) is 11.5 Å². The van der Waals surface area contributed by atoms with E-state index in [1.807, 2.05) is 24.3 Å². The Hall–Kier alpha value is -2.46. The summed E-state index contributed by atoms with van der Waals surface area (Å²) in [5, 5.41) is 9.78. The smallest absolute Gasteiger partial charge is 0.234 e. The number of aromatic amines is 1. The molecular weight excluding hydrogens is 300 g/mol. The number of methoxy groups -OCH3 is 1. The van der Waals surface area contributed by atoms with E-state index in [1.165, 1.54) is 11.8 Å². The molecule has 0 radical (unpaired) electrons. The molecule has 0 bridgehead atoms. The van der Waals surface area contributed by atoms with Crippen LogP contribution in [-0.4, -0.2) is 40.0 Å². The molecule has 22 heavy (non-hydrogen) atoms. The van der Waals surface area contributed by atoms with Crippen molar-refractivity contribution in [2.45, 2.75) is 17.3 Å². The van der Waals surface area contributed by atoms with Crippen molar-refractivity contribution in [3.8, 4) is 29.5 Å². The van der Waals surface area contributed by atoms with Crippen molar-refractivity contribution in [3.05, 3.63) is 24.3 Å². The summed E-state index contributed by atoms with van der Waals surface area (Å²) in [5.41, 5.74) is 0.893. The highest BCUT2D eigenvalue weighted by atomic mass is 32.2. The lowest BCUT2D eigenvalue weighted by molar-refractivity contribution is -0.120. The van der Waals surface area contributed by atoms with Gasteiger partial charge in [-0.2, -0.15) is 0 Å². The lowest BCUT2D eigenvalue weighted by atomic mass is 10.2. The zero-order valence-corrected chi connectivity index (χ0v) is 13.1. The highest BCUT2D eigenvalue weighted by molar-refractivity contribution is 8.00. The van der Waals surface area contributed by atoms with Gasteiger partial charge in [-0.25, -0.2) is 4.98 Å². The number of carbonyl (C=O) groups excluding carboxylic acids is 1. The highest BCUT2D eigenvalue weighted by Gasteiger charge is 2.16. The van der Waals surface area contributed by atoms with E-state index in [0.717, 1.165) is 11.3 Å². The number of amides is 1. The van der Waals surface area contributed by atoms with E-state index < -0.39 is 0 Å². The topological polar surface area (TPSA) is 79.9 Å². The van der Waals surface area contributed by atoms with E-state index in [4.69, 9.17) is 11.2 Å². The Morgan fingerprint density at radius 1 is 1.50 bits per heavy atom. The van der Waals surface area contributed by atoms with Crippen LogP contribution in [0.4, 0.5) is 0 Å². The van der Waals surface area contributed by atoms with Gasteiger partial charge in [-0.1, -0.05) is 17.7 Å². The van der Waals surface area contributed by atoms with Crippen LogP contribution in [0.25, 0.3) is 11.4 Å². The fraction of sp³-hybridized carbons (Fsp3) is 0.267. The number of rotatable bonds is 6. The molecule has 0 saturated heterocycles. The summed E-state index contributed by atoms with van der Waals surface area (Å²) < 4.78 is 5.11. The van der Waals surface area contributed by atoms with Gasteiger partial charge in [0, 0.05) is 5.56 Å². The van der Waals surface area contributed by atoms with E-state index in [9.17, 15) is 4.79 Å². The molecule has 2 aromatic rings. The minimum absolute atomic E-state index is 0.140. The summed E-state index contributed by atoms with van der Waals surface area (Å²) >= 11 is 1.27. The van der Waals surface area contributed by atoms with Crippen LogP contribution in [0.3, 0.4) is 0 Å². The maximum atomic E-state index is 11.7. The van der Waals surface area contributed by atoms with Crippen molar-refractivity contribution in [2.75, 3.05) is 13.7 Å². The summed E-state index contributed by atoms with van der Waals surface area (Å²) in [5.74, 6) is 3.64. The van der Waals surface area contributed by atoms with Crippen molar-refractivity contribution in [1.82, 2.24) is 20.5 Å². The molecule has 1 aromatic carbocycles. The minimum Gasteiger partial charge on any atom is -0.497 e. The van der Waals surface area contributed by atoms with Crippen LogP contribution in [0.5, 0.6) is 5.75 Å². The normalized spacial score (nSPS) is 11.5. The number of nitrogens with one attached hydrogen (secondary N) is 2. The largest absolute Gasteiger partial charge is 0.497 e. The fourth-order valence-electron chi connectivity index (χ4n) is 1.67. The number of nitrogens with zero attached hydrogens (tertiary/aromatic N) is 2. The number of ether oxygens (including phenoxy) is 1. The van der Waals surface area contributed by atoms with Gasteiger partial charge in [0.05, 0.1) is 18.9 Å². The summed E-state index contributed by atoms with van der Waals surface area (Å²) in [6, 6.07) is 7.47. The van der Waals surface area contributed by atoms with Crippen molar-refractivity contribution >= 4 is 17.7 Å². The van der Waals surface area contributed by atoms with Crippen LogP contribution in [0.15, 0.2) is 29.4 Å². The molecule has 1 atom stereocenters. The quantitative estimate of drug-likeness (QED) is 0.626. The van der Waals surface area contributed by atoms with E-state index in [2.05, 4.69) is 26.4 Å². The molecule has 2 N–H and O–H groups in total. The molecule has 7 heteroatoms. The summed E-state index contributed by atoms with van der Waals surface area (Å²) in [4.78, 5) is 16.1. The first-order chi connectivity index (χ1) is 10.6. The lowest BCUT2D eigenvalue weighted by Gasteiger charge is -2.07. The molecular formula is C15H16N4O2S. The number of hydrogen-bond acceptors (Lipinski definition) is 5. The molecule has 1 amide bonds. The van der Waals surface area contributed by atoms with Gasteiger partial charge in [-0.3, -0.25) is 9.89 Å². The van der Waals surface area contributed by atoms with Crippen LogP contribution in [-0.2, 0) is 4.79 Å². The zero-order chi connectivity index (χ0) is 15.9. The Bertz CT molecular complexity index is 676. The number of thioether (sulfide) groups is 1. The fourth-order valence-corrected chi connectivity index (χ4v) is 2.42. The molecule has 0 fully saturated rings. The molecule has 6 nitrogen and oxygen atoms in total. The number of H-pyrrole nitrogens is 1. The number of aromatic nitrogens is 3. The Morgan fingerprint density at radius 2 is 2.23 bits per heavy atom. The minimum atomic E-state index is -0.326. The molecule has 0 aliphatic carbocycles. The van der Waals surface area contributed by atoms with E-state index >= 15 is 0 Å². The zero-order valence-electron chi connectivity index (χ0n) is 12.3. The summed E-state index contributed by atoms with van der Waals surface area (Å²) in [7, 11) is 1.62. The molecule has 2 rings (SSSR count). The first-order valence-corrected chi connectivity index (χ1v) is 7.46. The van der Waals surface area contributed by atoms with Crippen molar-refractivity contribution in [2.24, 2.45) is 0 Å². The second-order valence-electron chi connectivity index (χ2n) is 4.38. The first-order valence-electron chi connectivity index (χ1n) is 6.58. The molecule has 0 aliphatic rings. The van der Waals surface area contributed by atoms with Gasteiger partial charge in [0.1, 0.15) is 5.75 Å². The maximum Gasteiger partial charge on any atom is 0.234 e. The van der Waals surface area contributed by atoms with Gasteiger partial charge in [0.25, 0.3) is 0 Å². The Kier molecular flexibility index (Phi) is 5.44. The first kappa shape index (κ1) is 15.9. The SMILES string of the molecule is C#CCNC(=O)C(C)Sc1n[nH]c(-c2ccc(OC)cc2)n1. The van der Waals surface area contributed by atoms with Crippen molar-refractivity contribution in [1.29, 1.82) is 0 Å². The van der Waals surface area contributed by atoms with Crippen molar-refractivity contribution in [3.63, 3.8) is 0 Å². The van der Waals surface area contributed by atoms with E-state index in [1.54, 1.807) is 14.0 Å². The molecule has 0 saturated carbocycles. The van der Waals surface area contributed by atoms with Crippen LogP contribution in [0, 0.1) is 12.3 Å². The third-order valence-corrected chi connectivity index (χ3v) is 3.81. The molecule has 0 aliphatic heterocycles. The van der Waals surface area contributed by atoms with Crippen LogP contribution < -0.4 is 10.1 Å². The van der Waals surface area contributed by atoms with E-state index in [-0.39, 0.29) is 17.7 Å². The number of hydrogen-bond donors (Lipinski definition) is 2. The maximum absolute atomic E-state index is 11.7. The number of carbonyl (C=O) groups is 1. The van der Waals surface area contributed by atoms with Gasteiger partial charge in [-0.05, 0) is 31.2 Å². The Balaban J connectivity index is 2.01. The van der Waals surface area contributed by atoms with Gasteiger partial charge >= 0.3 is 0 Å². The second-order valence-corrected chi connectivity index (χ2v) is 5.69. The van der Waals surface area contributed by atoms with Gasteiger partial charge < -0.3 is 10.1 Å². The Morgan fingerprint density at radius 3 is 2.86 bits per heavy atom. The lowest BCUT2D eigenvalue weighted by Crippen LogP contribution is -2.31. The second kappa shape index (κ2) is 7.52. The predicted octanol–water partition coefficient (Wildman–Crippen LogP) is 1.71. The van der Waals surface area contributed by atoms with Crippen molar-refractivity contribution < 1.29 is 9.53 Å². The molecule has 1 unspecified atom stereocenters. The van der Waals surface area contributed by atoms with Gasteiger partial charge in [0.2, 0.25) is 11.1 Å². The van der Waals surface area contributed by atoms with Crippen LogP contribution in [0.2, 0.25) is 0 Å². The number of benzene rings is 1. The highest BCUT2D eigenvalue weighted by Crippen LogP contribution is 2.23. The average Bonchev–Trinajstić information content (AvgIpc) is 3.01. The molecule has 0 spiro atoms. The average molecular weight is 316 g/mol. The third kappa shape index (κ3) is 4.02. The predicted molar refractivity (Wildman–Crippen MR) is 85.5 cm³/mol. The monoisotopic (exact) mass is 316 g/mol. The van der Waals surface area contributed by atoms with Crippen LogP contribution >= 0.6 is 11.8 Å². The summed E-state index contributed by atoms with van der Waals surface area (Å²) in [6.07, 6.45) is 5.11. The Labute approximate surface area is 133 Å². The third-order valence-electron chi connectivity index (χ3n) is 2.84.